The Balaban J connectivity index is 1.59. The SMILES string of the molecule is Cn1cnnc1Sc1ccc(Cl)cc1NC(=O)c1ccc2c(c1)NC(=O)CS2. The molecule has 1 aromatic heterocycles. The van der Waals surface area contributed by atoms with Gasteiger partial charge in [0, 0.05) is 27.4 Å². The first-order chi connectivity index (χ1) is 13.5. The molecule has 0 atom stereocenters. The standard InChI is InChI=1S/C18H14ClN5O2S2/c1-24-9-20-23-18(24)28-15-5-3-11(19)7-13(15)22-17(26)10-2-4-14-12(6-10)21-16(25)8-27-14/h2-7,9H,8H2,1H3,(H,21,25)(H,22,26). The second kappa shape index (κ2) is 7.86. The number of aromatic nitrogens is 3. The van der Waals surface area contributed by atoms with Crippen LogP contribution in [0.4, 0.5) is 11.4 Å². The monoisotopic (exact) mass is 431 g/mol. The Kier molecular flexibility index (Phi) is 5.29. The molecular formula is C18H14ClN5O2S2. The van der Waals surface area contributed by atoms with Crippen molar-refractivity contribution >= 4 is 58.3 Å². The molecule has 1 aliphatic rings. The van der Waals surface area contributed by atoms with Crippen LogP contribution in [-0.4, -0.2) is 32.3 Å². The van der Waals surface area contributed by atoms with Crippen LogP contribution < -0.4 is 10.6 Å². The molecule has 2 N–H and O–H groups in total. The second-order valence-corrected chi connectivity index (χ2v) is 8.43. The van der Waals surface area contributed by atoms with Crippen molar-refractivity contribution in [1.29, 1.82) is 0 Å². The Labute approximate surface area is 174 Å². The van der Waals surface area contributed by atoms with E-state index in [2.05, 4.69) is 20.8 Å². The average Bonchev–Trinajstić information content (AvgIpc) is 3.08. The molecule has 28 heavy (non-hydrogen) atoms. The van der Waals surface area contributed by atoms with E-state index in [0.717, 1.165) is 9.79 Å². The lowest BCUT2D eigenvalue weighted by molar-refractivity contribution is -0.113. The van der Waals surface area contributed by atoms with Gasteiger partial charge in [-0.15, -0.1) is 22.0 Å². The summed E-state index contributed by atoms with van der Waals surface area (Å²) in [7, 11) is 1.84. The van der Waals surface area contributed by atoms with Crippen molar-refractivity contribution in [1.82, 2.24) is 14.8 Å². The van der Waals surface area contributed by atoms with Gasteiger partial charge >= 0.3 is 0 Å². The molecule has 4 rings (SSSR count). The minimum absolute atomic E-state index is 0.0766. The minimum atomic E-state index is -0.297. The molecule has 2 aromatic carbocycles. The number of hydrogen-bond acceptors (Lipinski definition) is 6. The van der Waals surface area contributed by atoms with Gasteiger partial charge in [0.05, 0.1) is 17.1 Å². The first kappa shape index (κ1) is 18.9. The average molecular weight is 432 g/mol. The Bertz CT molecular complexity index is 1090. The number of carbonyl (C=O) groups is 2. The van der Waals surface area contributed by atoms with Crippen LogP contribution in [0, 0.1) is 0 Å². The van der Waals surface area contributed by atoms with Gasteiger partial charge < -0.3 is 15.2 Å². The molecular weight excluding hydrogens is 418 g/mol. The van der Waals surface area contributed by atoms with Gasteiger partial charge in [-0.25, -0.2) is 0 Å². The van der Waals surface area contributed by atoms with Gasteiger partial charge in [-0.05, 0) is 48.2 Å². The maximum atomic E-state index is 12.8. The molecule has 0 spiro atoms. The largest absolute Gasteiger partial charge is 0.324 e. The number of aryl methyl sites for hydroxylation is 1. The number of nitrogens with zero attached hydrogens (tertiary/aromatic N) is 3. The third-order valence-corrected chi connectivity index (χ3v) is 6.37. The molecule has 142 valence electrons. The summed E-state index contributed by atoms with van der Waals surface area (Å²) >= 11 is 8.95. The van der Waals surface area contributed by atoms with E-state index in [-0.39, 0.29) is 11.8 Å². The van der Waals surface area contributed by atoms with E-state index in [1.807, 2.05) is 19.2 Å². The molecule has 0 bridgehead atoms. The summed E-state index contributed by atoms with van der Waals surface area (Å²) in [4.78, 5) is 26.1. The summed E-state index contributed by atoms with van der Waals surface area (Å²) in [5.41, 5.74) is 1.66. The topological polar surface area (TPSA) is 88.9 Å². The van der Waals surface area contributed by atoms with E-state index in [1.54, 1.807) is 35.2 Å². The van der Waals surface area contributed by atoms with E-state index in [9.17, 15) is 9.59 Å². The number of nitrogens with one attached hydrogen (secondary N) is 2. The number of anilines is 2. The van der Waals surface area contributed by atoms with Crippen molar-refractivity contribution in [3.63, 3.8) is 0 Å². The fourth-order valence-electron chi connectivity index (χ4n) is 2.57. The third kappa shape index (κ3) is 4.01. The highest BCUT2D eigenvalue weighted by Gasteiger charge is 2.18. The van der Waals surface area contributed by atoms with Gasteiger partial charge in [0.15, 0.2) is 5.16 Å². The molecule has 0 fully saturated rings. The van der Waals surface area contributed by atoms with Crippen molar-refractivity contribution in [3.05, 3.63) is 53.3 Å². The molecule has 3 aromatic rings. The maximum Gasteiger partial charge on any atom is 0.255 e. The van der Waals surface area contributed by atoms with Crippen LogP contribution in [0.1, 0.15) is 10.4 Å². The van der Waals surface area contributed by atoms with Crippen molar-refractivity contribution in [3.8, 4) is 0 Å². The number of halogens is 1. The van der Waals surface area contributed by atoms with Gasteiger partial charge in [-0.2, -0.15) is 0 Å². The Hall–Kier alpha value is -2.49. The van der Waals surface area contributed by atoms with Gasteiger partial charge in [-0.1, -0.05) is 11.6 Å². The summed E-state index contributed by atoms with van der Waals surface area (Å²) in [6.45, 7) is 0. The highest BCUT2D eigenvalue weighted by molar-refractivity contribution is 8.00. The first-order valence-electron chi connectivity index (χ1n) is 8.19. The van der Waals surface area contributed by atoms with Crippen LogP contribution >= 0.6 is 35.1 Å². The van der Waals surface area contributed by atoms with Gasteiger partial charge in [0.2, 0.25) is 5.91 Å². The summed E-state index contributed by atoms with van der Waals surface area (Å²) < 4.78 is 1.79. The number of amides is 2. The molecule has 0 unspecified atom stereocenters. The molecule has 0 aliphatic carbocycles. The van der Waals surface area contributed by atoms with Gasteiger partial charge in [-0.3, -0.25) is 9.59 Å². The highest BCUT2D eigenvalue weighted by atomic mass is 35.5. The van der Waals surface area contributed by atoms with Crippen molar-refractivity contribution in [2.45, 2.75) is 14.9 Å². The zero-order valence-corrected chi connectivity index (χ0v) is 17.0. The molecule has 0 saturated carbocycles. The molecule has 0 radical (unpaired) electrons. The number of carbonyl (C=O) groups excluding carboxylic acids is 2. The molecule has 2 heterocycles. The summed E-state index contributed by atoms with van der Waals surface area (Å²) in [6, 6.07) is 10.5. The summed E-state index contributed by atoms with van der Waals surface area (Å²) in [5, 5.41) is 14.8. The maximum absolute atomic E-state index is 12.8. The predicted octanol–water partition coefficient (Wildman–Crippen LogP) is 3.92. The minimum Gasteiger partial charge on any atom is -0.324 e. The molecule has 1 aliphatic heterocycles. The lowest BCUT2D eigenvalue weighted by Gasteiger charge is -2.17. The van der Waals surface area contributed by atoms with Crippen LogP contribution in [0.15, 0.2) is 57.7 Å². The summed E-state index contributed by atoms with van der Waals surface area (Å²) in [6.07, 6.45) is 1.61. The molecule has 0 saturated heterocycles. The van der Waals surface area contributed by atoms with Crippen LogP contribution in [0.5, 0.6) is 0 Å². The van der Waals surface area contributed by atoms with E-state index >= 15 is 0 Å². The van der Waals surface area contributed by atoms with Gasteiger partial charge in [0.25, 0.3) is 5.91 Å². The third-order valence-electron chi connectivity index (χ3n) is 3.94. The molecule has 2 amide bonds. The Morgan fingerprint density at radius 1 is 1.32 bits per heavy atom. The Morgan fingerprint density at radius 3 is 2.96 bits per heavy atom. The fourth-order valence-corrected chi connectivity index (χ4v) is 4.36. The van der Waals surface area contributed by atoms with Crippen LogP contribution in [-0.2, 0) is 11.8 Å². The van der Waals surface area contributed by atoms with Crippen LogP contribution in [0.25, 0.3) is 0 Å². The normalized spacial score (nSPS) is 13.0. The molecule has 7 nitrogen and oxygen atoms in total. The highest BCUT2D eigenvalue weighted by Crippen LogP contribution is 2.35. The van der Waals surface area contributed by atoms with Gasteiger partial charge in [0.1, 0.15) is 6.33 Å². The lowest BCUT2D eigenvalue weighted by atomic mass is 10.1. The predicted molar refractivity (Wildman–Crippen MR) is 110 cm³/mol. The summed E-state index contributed by atoms with van der Waals surface area (Å²) in [5.74, 6) is 0.00548. The number of benzene rings is 2. The van der Waals surface area contributed by atoms with Crippen molar-refractivity contribution in [2.24, 2.45) is 7.05 Å². The van der Waals surface area contributed by atoms with E-state index in [4.69, 9.17) is 11.6 Å². The second-order valence-electron chi connectivity index (χ2n) is 5.97. The van der Waals surface area contributed by atoms with E-state index < -0.39 is 0 Å². The van der Waals surface area contributed by atoms with Crippen molar-refractivity contribution < 1.29 is 9.59 Å². The first-order valence-corrected chi connectivity index (χ1v) is 10.4. The fraction of sp³-hybridized carbons (Fsp3) is 0.111. The van der Waals surface area contributed by atoms with E-state index in [1.165, 1.54) is 23.5 Å². The molecule has 10 heteroatoms. The smallest absolute Gasteiger partial charge is 0.255 e. The zero-order valence-electron chi connectivity index (χ0n) is 14.6. The van der Waals surface area contributed by atoms with Crippen LogP contribution in [0.3, 0.4) is 0 Å². The number of thioether (sulfide) groups is 1. The Morgan fingerprint density at radius 2 is 2.18 bits per heavy atom. The number of fused-ring (bicyclic) bond motifs is 1. The van der Waals surface area contributed by atoms with Crippen molar-refractivity contribution in [2.75, 3.05) is 16.4 Å². The lowest BCUT2D eigenvalue weighted by Crippen LogP contribution is -2.20. The quantitative estimate of drug-likeness (QED) is 0.650. The number of rotatable bonds is 4. The zero-order chi connectivity index (χ0) is 19.7. The van der Waals surface area contributed by atoms with Crippen LogP contribution in [0.2, 0.25) is 5.02 Å². The van der Waals surface area contributed by atoms with E-state index in [0.29, 0.717) is 32.9 Å². The number of hydrogen-bond donors (Lipinski definition) is 2.